The number of aryl methyl sites for hydroxylation is 1. The van der Waals surface area contributed by atoms with Gasteiger partial charge in [-0.15, -0.1) is 35.3 Å². The first-order chi connectivity index (χ1) is 13.9. The van der Waals surface area contributed by atoms with Gasteiger partial charge in [0.2, 0.25) is 0 Å². The van der Waals surface area contributed by atoms with Gasteiger partial charge < -0.3 is 25.2 Å². The third-order valence-electron chi connectivity index (χ3n) is 4.84. The van der Waals surface area contributed by atoms with E-state index in [2.05, 4.69) is 39.4 Å². The molecule has 1 aromatic rings. The number of hydrogen-bond acceptors (Lipinski definition) is 7. The predicted octanol–water partition coefficient (Wildman–Crippen LogP) is 2.50. The zero-order valence-corrected chi connectivity index (χ0v) is 22.0. The molecule has 0 amide bonds. The highest BCUT2D eigenvalue weighted by Gasteiger charge is 2.20. The van der Waals surface area contributed by atoms with E-state index in [0.29, 0.717) is 17.2 Å². The Kier molecular flexibility index (Phi) is 12.8. The van der Waals surface area contributed by atoms with Gasteiger partial charge in [0, 0.05) is 26.2 Å². The minimum Gasteiger partial charge on any atom is -0.462 e. The van der Waals surface area contributed by atoms with E-state index in [1.54, 1.807) is 0 Å². The van der Waals surface area contributed by atoms with Crippen LogP contribution in [0.15, 0.2) is 4.99 Å². The molecule has 8 nitrogen and oxygen atoms in total. The molecule has 1 saturated heterocycles. The van der Waals surface area contributed by atoms with E-state index in [-0.39, 0.29) is 36.0 Å². The number of esters is 1. The first-order valence-corrected chi connectivity index (χ1v) is 11.4. The number of aromatic nitrogens is 1. The number of hydrogen-bond donors (Lipinski definition) is 2. The average Bonchev–Trinajstić information content (AvgIpc) is 2.95. The van der Waals surface area contributed by atoms with Crippen molar-refractivity contribution in [1.82, 2.24) is 25.4 Å². The lowest BCUT2D eigenvalue weighted by atomic mass is 10.3. The summed E-state index contributed by atoms with van der Waals surface area (Å²) in [7, 11) is 2.18. The van der Waals surface area contributed by atoms with Crippen molar-refractivity contribution in [2.45, 2.75) is 40.2 Å². The molecule has 0 spiro atoms. The van der Waals surface area contributed by atoms with Crippen molar-refractivity contribution in [1.29, 1.82) is 0 Å². The molecule has 30 heavy (non-hydrogen) atoms. The molecule has 0 saturated carbocycles. The van der Waals surface area contributed by atoms with Crippen LogP contribution in [0.1, 0.15) is 53.6 Å². The van der Waals surface area contributed by atoms with E-state index in [1.165, 1.54) is 24.3 Å². The number of likely N-dealkylation sites (N-methyl/N-ethyl adjacent to an activating group) is 1. The van der Waals surface area contributed by atoms with E-state index < -0.39 is 0 Å². The number of guanidine groups is 1. The summed E-state index contributed by atoms with van der Waals surface area (Å²) in [6.45, 7) is 15.1. The van der Waals surface area contributed by atoms with Crippen molar-refractivity contribution in [3.63, 3.8) is 0 Å². The van der Waals surface area contributed by atoms with Gasteiger partial charge in [-0.1, -0.05) is 0 Å². The molecule has 1 fully saturated rings. The number of rotatable bonds is 8. The largest absolute Gasteiger partial charge is 0.462 e. The molecule has 1 aromatic heterocycles. The SMILES string of the molecule is CCNC(=NCCN1CCCN(C)CC1)NC(C)c1nc(C)c(C(=O)OCC)s1.I. The maximum absolute atomic E-state index is 12.0. The van der Waals surface area contributed by atoms with Crippen molar-refractivity contribution < 1.29 is 9.53 Å². The molecule has 2 rings (SSSR count). The van der Waals surface area contributed by atoms with Crippen LogP contribution in [-0.2, 0) is 4.74 Å². The average molecular weight is 553 g/mol. The second-order valence-corrected chi connectivity index (χ2v) is 8.34. The second kappa shape index (κ2) is 14.2. The van der Waals surface area contributed by atoms with Gasteiger partial charge in [-0.3, -0.25) is 4.99 Å². The third kappa shape index (κ3) is 8.64. The first kappa shape index (κ1) is 27.1. The molecule has 1 aliphatic heterocycles. The Hall–Kier alpha value is -0.980. The fourth-order valence-corrected chi connectivity index (χ4v) is 4.17. The van der Waals surface area contributed by atoms with Gasteiger partial charge in [-0.05, 0) is 54.3 Å². The minimum atomic E-state index is -0.301. The van der Waals surface area contributed by atoms with Crippen LogP contribution in [0.2, 0.25) is 0 Å². The molecular weight excluding hydrogens is 515 g/mol. The summed E-state index contributed by atoms with van der Waals surface area (Å²) >= 11 is 1.38. The number of nitrogens with one attached hydrogen (secondary N) is 2. The lowest BCUT2D eigenvalue weighted by molar-refractivity contribution is 0.0531. The Morgan fingerprint density at radius 2 is 2.07 bits per heavy atom. The molecule has 0 radical (unpaired) electrons. The monoisotopic (exact) mass is 552 g/mol. The van der Waals surface area contributed by atoms with Crippen LogP contribution in [0.25, 0.3) is 0 Å². The summed E-state index contributed by atoms with van der Waals surface area (Å²) in [5.41, 5.74) is 0.713. The maximum atomic E-state index is 12.0. The van der Waals surface area contributed by atoms with Crippen LogP contribution in [0.4, 0.5) is 0 Å². The molecule has 1 aliphatic rings. The third-order valence-corrected chi connectivity index (χ3v) is 6.16. The summed E-state index contributed by atoms with van der Waals surface area (Å²) in [6, 6.07) is -0.0495. The maximum Gasteiger partial charge on any atom is 0.350 e. The number of ether oxygens (including phenoxy) is 1. The van der Waals surface area contributed by atoms with Gasteiger partial charge >= 0.3 is 5.97 Å². The molecule has 0 aliphatic carbocycles. The van der Waals surface area contributed by atoms with Crippen LogP contribution in [0.3, 0.4) is 0 Å². The van der Waals surface area contributed by atoms with Crippen LogP contribution >= 0.6 is 35.3 Å². The van der Waals surface area contributed by atoms with Crippen molar-refractivity contribution in [2.75, 3.05) is 59.5 Å². The Morgan fingerprint density at radius 3 is 2.77 bits per heavy atom. The summed E-state index contributed by atoms with van der Waals surface area (Å²) in [5, 5.41) is 7.57. The molecule has 2 heterocycles. The van der Waals surface area contributed by atoms with E-state index in [4.69, 9.17) is 9.73 Å². The van der Waals surface area contributed by atoms with Crippen molar-refractivity contribution >= 4 is 47.2 Å². The molecule has 1 atom stereocenters. The Balaban J connectivity index is 0.00000450. The van der Waals surface area contributed by atoms with Crippen LogP contribution in [0.5, 0.6) is 0 Å². The fourth-order valence-electron chi connectivity index (χ4n) is 3.20. The van der Waals surface area contributed by atoms with E-state index in [0.717, 1.165) is 50.2 Å². The summed E-state index contributed by atoms with van der Waals surface area (Å²) in [6.07, 6.45) is 1.21. The van der Waals surface area contributed by atoms with Gasteiger partial charge in [0.1, 0.15) is 9.88 Å². The topological polar surface area (TPSA) is 82.1 Å². The van der Waals surface area contributed by atoms with Gasteiger partial charge in [0.25, 0.3) is 0 Å². The Morgan fingerprint density at radius 1 is 1.30 bits per heavy atom. The number of thiazole rings is 1. The van der Waals surface area contributed by atoms with Gasteiger partial charge in [0.05, 0.1) is 24.9 Å². The predicted molar refractivity (Wildman–Crippen MR) is 134 cm³/mol. The number of carbonyl (C=O) groups is 1. The highest BCUT2D eigenvalue weighted by molar-refractivity contribution is 14.0. The number of nitrogens with zero attached hydrogens (tertiary/aromatic N) is 4. The smallest absolute Gasteiger partial charge is 0.350 e. The van der Waals surface area contributed by atoms with E-state index >= 15 is 0 Å². The Bertz CT molecular complexity index is 684. The van der Waals surface area contributed by atoms with Crippen LogP contribution in [-0.4, -0.2) is 86.2 Å². The lowest BCUT2D eigenvalue weighted by Crippen LogP contribution is -2.39. The standard InChI is InChI=1S/C20H36N6O2S.HI/c1-6-21-20(22-9-12-26-11-8-10-25(5)13-14-26)24-16(4)18-23-15(3)17(29-18)19(27)28-7-2;/h16H,6-14H2,1-5H3,(H2,21,22,24);1H. The zero-order valence-electron chi connectivity index (χ0n) is 18.9. The normalized spacial score (nSPS) is 17.0. The van der Waals surface area contributed by atoms with Gasteiger partial charge in [-0.2, -0.15) is 0 Å². The fraction of sp³-hybridized carbons (Fsp3) is 0.750. The minimum absolute atomic E-state index is 0. The zero-order chi connectivity index (χ0) is 21.2. The van der Waals surface area contributed by atoms with Gasteiger partial charge in [0.15, 0.2) is 5.96 Å². The van der Waals surface area contributed by atoms with Crippen molar-refractivity contribution in [2.24, 2.45) is 4.99 Å². The Labute approximate surface area is 201 Å². The number of carbonyl (C=O) groups excluding carboxylic acids is 1. The van der Waals surface area contributed by atoms with Crippen molar-refractivity contribution in [3.8, 4) is 0 Å². The molecule has 0 aromatic carbocycles. The number of halogens is 1. The van der Waals surface area contributed by atoms with Crippen LogP contribution in [0, 0.1) is 6.92 Å². The molecule has 0 bridgehead atoms. The molecule has 172 valence electrons. The van der Waals surface area contributed by atoms with Crippen molar-refractivity contribution in [3.05, 3.63) is 15.6 Å². The van der Waals surface area contributed by atoms with E-state index in [9.17, 15) is 4.79 Å². The number of aliphatic imine (C=N–C) groups is 1. The lowest BCUT2D eigenvalue weighted by Gasteiger charge is -2.20. The molecular formula is C20H37IN6O2S. The summed E-state index contributed by atoms with van der Waals surface area (Å²) in [5.74, 6) is 0.474. The summed E-state index contributed by atoms with van der Waals surface area (Å²) < 4.78 is 5.12. The highest BCUT2D eigenvalue weighted by atomic mass is 127. The second-order valence-electron chi connectivity index (χ2n) is 7.31. The summed E-state index contributed by atoms with van der Waals surface area (Å²) in [4.78, 5) is 26.8. The highest BCUT2D eigenvalue weighted by Crippen LogP contribution is 2.24. The van der Waals surface area contributed by atoms with E-state index in [1.807, 2.05) is 20.8 Å². The quantitative estimate of drug-likeness (QED) is 0.222. The molecule has 1 unspecified atom stereocenters. The first-order valence-electron chi connectivity index (χ1n) is 10.5. The molecule has 2 N–H and O–H groups in total. The molecule has 10 heteroatoms. The van der Waals surface area contributed by atoms with Gasteiger partial charge in [-0.25, -0.2) is 9.78 Å². The van der Waals surface area contributed by atoms with Crippen LogP contribution < -0.4 is 10.6 Å².